The molecule has 6 heteroatoms. The number of esters is 1. The van der Waals surface area contributed by atoms with Crippen molar-refractivity contribution in [1.29, 1.82) is 0 Å². The summed E-state index contributed by atoms with van der Waals surface area (Å²) >= 11 is 0. The number of ether oxygens (including phenoxy) is 1. The lowest BCUT2D eigenvalue weighted by atomic mass is 10.2. The lowest BCUT2D eigenvalue weighted by molar-refractivity contribution is -0.145. The van der Waals surface area contributed by atoms with Gasteiger partial charge in [-0.15, -0.1) is 0 Å². The standard InChI is InChI=1S/C10H15NO5/c1-7(10(14)16-11)4-3-5-15-9(13)6-8(2)12/h1,3-6,11H2,2H3. The molecular formula is C10H15NO5. The Balaban J connectivity index is 3.61. The van der Waals surface area contributed by atoms with E-state index in [2.05, 4.69) is 17.3 Å². The average molecular weight is 229 g/mol. The van der Waals surface area contributed by atoms with Crippen LogP contribution >= 0.6 is 0 Å². The van der Waals surface area contributed by atoms with E-state index in [1.807, 2.05) is 0 Å². The van der Waals surface area contributed by atoms with Crippen molar-refractivity contribution in [1.82, 2.24) is 0 Å². The van der Waals surface area contributed by atoms with Gasteiger partial charge in [0.05, 0.1) is 6.61 Å². The zero-order chi connectivity index (χ0) is 12.6. The molecular weight excluding hydrogens is 214 g/mol. The van der Waals surface area contributed by atoms with Crippen LogP contribution in [0.5, 0.6) is 0 Å². The fraction of sp³-hybridized carbons (Fsp3) is 0.500. The maximum absolute atomic E-state index is 10.9. The van der Waals surface area contributed by atoms with E-state index in [9.17, 15) is 14.4 Å². The molecule has 0 bridgehead atoms. The predicted octanol–water partition coefficient (Wildman–Crippen LogP) is 0.262. The van der Waals surface area contributed by atoms with Crippen molar-refractivity contribution in [3.63, 3.8) is 0 Å². The Morgan fingerprint density at radius 1 is 1.31 bits per heavy atom. The average Bonchev–Trinajstić information content (AvgIpc) is 2.21. The van der Waals surface area contributed by atoms with E-state index in [0.29, 0.717) is 12.8 Å². The van der Waals surface area contributed by atoms with Crippen LogP contribution in [-0.2, 0) is 24.0 Å². The first-order chi connectivity index (χ1) is 7.47. The molecule has 0 radical (unpaired) electrons. The number of carbonyl (C=O) groups excluding carboxylic acids is 3. The molecule has 0 aliphatic carbocycles. The van der Waals surface area contributed by atoms with Crippen LogP contribution < -0.4 is 5.90 Å². The highest BCUT2D eigenvalue weighted by Gasteiger charge is 2.08. The summed E-state index contributed by atoms with van der Waals surface area (Å²) in [5.74, 6) is 3.14. The summed E-state index contributed by atoms with van der Waals surface area (Å²) in [5, 5.41) is 0. The maximum atomic E-state index is 10.9. The first kappa shape index (κ1) is 14.3. The van der Waals surface area contributed by atoms with Crippen LogP contribution in [0, 0.1) is 0 Å². The molecule has 90 valence electrons. The van der Waals surface area contributed by atoms with Gasteiger partial charge in [-0.1, -0.05) is 6.58 Å². The van der Waals surface area contributed by atoms with Crippen LogP contribution in [-0.4, -0.2) is 24.3 Å². The maximum Gasteiger partial charge on any atom is 0.351 e. The lowest BCUT2D eigenvalue weighted by Gasteiger charge is -2.04. The number of hydrogen-bond donors (Lipinski definition) is 1. The fourth-order valence-electron chi connectivity index (χ4n) is 0.911. The number of Topliss-reactive ketones (excluding diaryl/α,β-unsaturated/α-hetero) is 1. The minimum absolute atomic E-state index is 0.128. The molecule has 0 aliphatic rings. The summed E-state index contributed by atoms with van der Waals surface area (Å²) in [6, 6.07) is 0. The van der Waals surface area contributed by atoms with Crippen molar-refractivity contribution >= 4 is 17.7 Å². The minimum atomic E-state index is -0.685. The van der Waals surface area contributed by atoms with Gasteiger partial charge in [0.2, 0.25) is 0 Å². The fourth-order valence-corrected chi connectivity index (χ4v) is 0.911. The number of nitrogens with two attached hydrogens (primary N) is 1. The highest BCUT2D eigenvalue weighted by molar-refractivity contribution is 5.94. The molecule has 0 amide bonds. The number of carbonyl (C=O) groups is 3. The largest absolute Gasteiger partial charge is 0.465 e. The van der Waals surface area contributed by atoms with Gasteiger partial charge < -0.3 is 9.57 Å². The molecule has 16 heavy (non-hydrogen) atoms. The van der Waals surface area contributed by atoms with E-state index < -0.39 is 11.9 Å². The molecule has 0 spiro atoms. The molecule has 0 aliphatic heterocycles. The zero-order valence-corrected chi connectivity index (χ0v) is 9.15. The van der Waals surface area contributed by atoms with Gasteiger partial charge in [0.25, 0.3) is 0 Å². The van der Waals surface area contributed by atoms with Crippen LogP contribution in [0.3, 0.4) is 0 Å². The van der Waals surface area contributed by atoms with Crippen LogP contribution in [0.4, 0.5) is 0 Å². The lowest BCUT2D eigenvalue weighted by Crippen LogP contribution is -2.13. The van der Waals surface area contributed by atoms with Crippen molar-refractivity contribution < 1.29 is 24.0 Å². The summed E-state index contributed by atoms with van der Waals surface area (Å²) in [6.07, 6.45) is 0.521. The van der Waals surface area contributed by atoms with Crippen molar-refractivity contribution in [3.8, 4) is 0 Å². The SMILES string of the molecule is C=C(CCCOC(=O)CC(C)=O)C(=O)ON. The second-order valence-corrected chi connectivity index (χ2v) is 3.21. The monoisotopic (exact) mass is 229 g/mol. The van der Waals surface area contributed by atoms with Gasteiger partial charge in [0.15, 0.2) is 0 Å². The van der Waals surface area contributed by atoms with Gasteiger partial charge in [-0.2, -0.15) is 5.90 Å². The molecule has 0 saturated carbocycles. The Morgan fingerprint density at radius 3 is 2.44 bits per heavy atom. The quantitative estimate of drug-likeness (QED) is 0.221. The zero-order valence-electron chi connectivity index (χ0n) is 9.15. The first-order valence-electron chi connectivity index (χ1n) is 4.71. The summed E-state index contributed by atoms with van der Waals surface area (Å²) in [4.78, 5) is 36.2. The van der Waals surface area contributed by atoms with Gasteiger partial charge >= 0.3 is 11.9 Å². The van der Waals surface area contributed by atoms with E-state index in [4.69, 9.17) is 4.74 Å². The Bertz CT molecular complexity index is 298. The second kappa shape index (κ2) is 7.58. The smallest absolute Gasteiger partial charge is 0.351 e. The third-order valence-electron chi connectivity index (χ3n) is 1.67. The molecule has 0 fully saturated rings. The van der Waals surface area contributed by atoms with Gasteiger partial charge in [-0.25, -0.2) is 4.79 Å². The Morgan fingerprint density at radius 2 is 1.94 bits per heavy atom. The molecule has 6 nitrogen and oxygen atoms in total. The molecule has 0 unspecified atom stereocenters. The van der Waals surface area contributed by atoms with Crippen molar-refractivity contribution in [3.05, 3.63) is 12.2 Å². The van der Waals surface area contributed by atoms with E-state index in [1.165, 1.54) is 6.92 Å². The third kappa shape index (κ3) is 6.72. The number of rotatable bonds is 7. The first-order valence-corrected chi connectivity index (χ1v) is 4.71. The topological polar surface area (TPSA) is 95.7 Å². The highest BCUT2D eigenvalue weighted by Crippen LogP contribution is 2.04. The molecule has 2 N–H and O–H groups in total. The summed E-state index contributed by atoms with van der Waals surface area (Å²) in [6.45, 7) is 4.88. The molecule has 0 heterocycles. The van der Waals surface area contributed by atoms with E-state index in [1.54, 1.807) is 0 Å². The van der Waals surface area contributed by atoms with Crippen molar-refractivity contribution in [2.24, 2.45) is 5.90 Å². The van der Waals surface area contributed by atoms with Crippen LogP contribution in [0.2, 0.25) is 0 Å². The van der Waals surface area contributed by atoms with Crippen molar-refractivity contribution in [2.75, 3.05) is 6.61 Å². The number of ketones is 1. The summed E-state index contributed by atoms with van der Waals surface area (Å²) in [7, 11) is 0. The minimum Gasteiger partial charge on any atom is -0.465 e. The Labute approximate surface area is 93.3 Å². The van der Waals surface area contributed by atoms with E-state index in [-0.39, 0.29) is 24.4 Å². The van der Waals surface area contributed by atoms with Crippen LogP contribution in [0.1, 0.15) is 26.2 Å². The molecule has 0 aromatic rings. The molecule has 0 atom stereocenters. The van der Waals surface area contributed by atoms with Gasteiger partial charge in [0.1, 0.15) is 12.2 Å². The van der Waals surface area contributed by atoms with Gasteiger partial charge in [-0.3, -0.25) is 9.59 Å². The van der Waals surface area contributed by atoms with Crippen LogP contribution in [0.15, 0.2) is 12.2 Å². The number of hydrogen-bond acceptors (Lipinski definition) is 6. The Kier molecular flexibility index (Phi) is 6.78. The van der Waals surface area contributed by atoms with E-state index >= 15 is 0 Å². The second-order valence-electron chi connectivity index (χ2n) is 3.21. The Hall–Kier alpha value is -1.69. The molecule has 0 saturated heterocycles. The molecule has 0 rings (SSSR count). The highest BCUT2D eigenvalue weighted by atomic mass is 16.7. The van der Waals surface area contributed by atoms with Gasteiger partial charge in [0, 0.05) is 5.57 Å². The third-order valence-corrected chi connectivity index (χ3v) is 1.67. The predicted molar refractivity (Wildman–Crippen MR) is 54.9 cm³/mol. The molecule has 0 aromatic heterocycles. The normalized spacial score (nSPS) is 9.38. The van der Waals surface area contributed by atoms with Crippen molar-refractivity contribution in [2.45, 2.75) is 26.2 Å². The van der Waals surface area contributed by atoms with E-state index in [0.717, 1.165) is 0 Å². The van der Waals surface area contributed by atoms with Gasteiger partial charge in [-0.05, 0) is 19.8 Å². The summed E-state index contributed by atoms with van der Waals surface area (Å²) < 4.78 is 4.73. The van der Waals surface area contributed by atoms with Crippen LogP contribution in [0.25, 0.3) is 0 Å². The summed E-state index contributed by atoms with van der Waals surface area (Å²) in [5.41, 5.74) is 0.213. The molecule has 0 aromatic carbocycles.